The molecule has 27 heavy (non-hydrogen) atoms. The van der Waals surface area contributed by atoms with Crippen LogP contribution in [0.15, 0.2) is 42.5 Å². The monoisotopic (exact) mass is 387 g/mol. The Labute approximate surface area is 164 Å². The van der Waals surface area contributed by atoms with Gasteiger partial charge >= 0.3 is 0 Å². The van der Waals surface area contributed by atoms with E-state index in [-0.39, 0.29) is 18.3 Å². The van der Waals surface area contributed by atoms with E-state index in [0.29, 0.717) is 29.8 Å². The summed E-state index contributed by atoms with van der Waals surface area (Å²) in [6.07, 6.45) is 0.639. The molecule has 1 heterocycles. The van der Waals surface area contributed by atoms with Gasteiger partial charge in [0.25, 0.3) is 11.8 Å². The summed E-state index contributed by atoms with van der Waals surface area (Å²) in [6, 6.07) is 11.6. The standard InChI is InChI=1S/C20H21N3O3.ClH/c1-12-3-8-16-17(11-12)20(26)23(19(16)25)13(2)18(24)22-10-9-14-4-6-15(21)7-5-14;/h3-8,11,13H,9-10,21H2,1-2H3,(H,22,24);1H. The number of anilines is 1. The summed E-state index contributed by atoms with van der Waals surface area (Å²) >= 11 is 0. The second-order valence-corrected chi connectivity index (χ2v) is 6.49. The minimum atomic E-state index is -0.867. The van der Waals surface area contributed by atoms with Crippen molar-refractivity contribution in [1.82, 2.24) is 10.2 Å². The second-order valence-electron chi connectivity index (χ2n) is 6.49. The van der Waals surface area contributed by atoms with Crippen LogP contribution in [0.3, 0.4) is 0 Å². The van der Waals surface area contributed by atoms with Gasteiger partial charge in [-0.3, -0.25) is 19.3 Å². The SMILES string of the molecule is Cc1ccc2c(c1)C(=O)N(C(C)C(=O)NCCc1ccc(N)cc1)C2=O.Cl. The average molecular weight is 388 g/mol. The molecule has 0 bridgehead atoms. The number of nitrogens with zero attached hydrogens (tertiary/aromatic N) is 1. The molecule has 3 N–H and O–H groups in total. The molecule has 0 aromatic heterocycles. The van der Waals surface area contributed by atoms with E-state index in [2.05, 4.69) is 5.32 Å². The van der Waals surface area contributed by atoms with Crippen molar-refractivity contribution in [2.75, 3.05) is 12.3 Å². The van der Waals surface area contributed by atoms with Crippen LogP contribution in [0, 0.1) is 6.92 Å². The summed E-state index contributed by atoms with van der Waals surface area (Å²) in [7, 11) is 0. The smallest absolute Gasteiger partial charge is 0.262 e. The molecular weight excluding hydrogens is 366 g/mol. The lowest BCUT2D eigenvalue weighted by molar-refractivity contribution is -0.124. The van der Waals surface area contributed by atoms with Gasteiger partial charge in [-0.25, -0.2) is 0 Å². The van der Waals surface area contributed by atoms with Crippen molar-refractivity contribution in [3.63, 3.8) is 0 Å². The van der Waals surface area contributed by atoms with Crippen LogP contribution in [-0.4, -0.2) is 35.2 Å². The molecule has 0 aliphatic carbocycles. The van der Waals surface area contributed by atoms with Crippen molar-refractivity contribution in [2.45, 2.75) is 26.3 Å². The van der Waals surface area contributed by atoms with E-state index in [1.54, 1.807) is 37.3 Å². The number of fused-ring (bicyclic) bond motifs is 1. The van der Waals surface area contributed by atoms with E-state index in [4.69, 9.17) is 5.73 Å². The van der Waals surface area contributed by atoms with Crippen LogP contribution >= 0.6 is 12.4 Å². The lowest BCUT2D eigenvalue weighted by Crippen LogP contribution is -2.48. The molecule has 1 aliphatic rings. The molecule has 142 valence electrons. The minimum absolute atomic E-state index is 0. The summed E-state index contributed by atoms with van der Waals surface area (Å²) in [6.45, 7) is 3.83. The number of hydrogen-bond acceptors (Lipinski definition) is 4. The fourth-order valence-electron chi connectivity index (χ4n) is 3.00. The number of carbonyl (C=O) groups excluding carboxylic acids is 3. The van der Waals surface area contributed by atoms with E-state index < -0.39 is 17.9 Å². The van der Waals surface area contributed by atoms with E-state index in [0.717, 1.165) is 16.0 Å². The van der Waals surface area contributed by atoms with Crippen LogP contribution in [0.4, 0.5) is 5.69 Å². The van der Waals surface area contributed by atoms with Crippen molar-refractivity contribution in [3.05, 3.63) is 64.7 Å². The molecule has 3 amide bonds. The summed E-state index contributed by atoms with van der Waals surface area (Å²) < 4.78 is 0. The summed E-state index contributed by atoms with van der Waals surface area (Å²) in [5, 5.41) is 2.79. The third-order valence-electron chi connectivity index (χ3n) is 4.53. The number of amides is 3. The molecule has 0 radical (unpaired) electrons. The van der Waals surface area contributed by atoms with Gasteiger partial charge in [0.05, 0.1) is 11.1 Å². The van der Waals surface area contributed by atoms with E-state index in [1.165, 1.54) is 0 Å². The fraction of sp³-hybridized carbons (Fsp3) is 0.250. The van der Waals surface area contributed by atoms with Crippen LogP contribution < -0.4 is 11.1 Å². The van der Waals surface area contributed by atoms with Gasteiger partial charge in [-0.1, -0.05) is 23.8 Å². The number of carbonyl (C=O) groups is 3. The first-order valence-electron chi connectivity index (χ1n) is 8.49. The van der Waals surface area contributed by atoms with Crippen LogP contribution in [0.5, 0.6) is 0 Å². The van der Waals surface area contributed by atoms with Crippen LogP contribution in [0.1, 0.15) is 38.8 Å². The topological polar surface area (TPSA) is 92.5 Å². The Morgan fingerprint density at radius 3 is 2.37 bits per heavy atom. The predicted molar refractivity (Wildman–Crippen MR) is 106 cm³/mol. The van der Waals surface area contributed by atoms with Crippen LogP contribution in [0.25, 0.3) is 0 Å². The maximum Gasteiger partial charge on any atom is 0.262 e. The molecule has 7 heteroatoms. The van der Waals surface area contributed by atoms with E-state index in [9.17, 15) is 14.4 Å². The highest BCUT2D eigenvalue weighted by Gasteiger charge is 2.40. The van der Waals surface area contributed by atoms with Crippen molar-refractivity contribution in [1.29, 1.82) is 0 Å². The molecule has 2 aromatic carbocycles. The molecular formula is C20H22ClN3O3. The van der Waals surface area contributed by atoms with Gasteiger partial charge < -0.3 is 11.1 Å². The zero-order chi connectivity index (χ0) is 18.8. The fourth-order valence-corrected chi connectivity index (χ4v) is 3.00. The Balaban J connectivity index is 0.00000261. The number of hydrogen-bond donors (Lipinski definition) is 2. The van der Waals surface area contributed by atoms with Gasteiger partial charge in [0, 0.05) is 12.2 Å². The summed E-state index contributed by atoms with van der Waals surface area (Å²) in [4.78, 5) is 38.5. The molecule has 1 atom stereocenters. The number of nitrogens with one attached hydrogen (secondary N) is 1. The number of rotatable bonds is 5. The first-order valence-corrected chi connectivity index (χ1v) is 8.49. The molecule has 0 saturated carbocycles. The zero-order valence-corrected chi connectivity index (χ0v) is 16.0. The second kappa shape index (κ2) is 8.22. The third-order valence-corrected chi connectivity index (χ3v) is 4.53. The molecule has 3 rings (SSSR count). The highest BCUT2D eigenvalue weighted by Crippen LogP contribution is 2.25. The van der Waals surface area contributed by atoms with Gasteiger partial charge in [0.2, 0.25) is 5.91 Å². The maximum absolute atomic E-state index is 12.5. The number of imide groups is 1. The first-order chi connectivity index (χ1) is 12.4. The third kappa shape index (κ3) is 4.11. The number of nitrogen functional groups attached to an aromatic ring is 1. The number of nitrogens with two attached hydrogens (primary N) is 1. The minimum Gasteiger partial charge on any atom is -0.399 e. The largest absolute Gasteiger partial charge is 0.399 e. The molecule has 2 aromatic rings. The summed E-state index contributed by atoms with van der Waals surface area (Å²) in [5.41, 5.74) is 8.98. The molecule has 0 spiro atoms. The van der Waals surface area contributed by atoms with Crippen LogP contribution in [-0.2, 0) is 11.2 Å². The number of benzene rings is 2. The number of aryl methyl sites for hydroxylation is 1. The van der Waals surface area contributed by atoms with E-state index >= 15 is 0 Å². The first kappa shape index (κ1) is 20.5. The van der Waals surface area contributed by atoms with E-state index in [1.807, 2.05) is 19.1 Å². The Morgan fingerprint density at radius 2 is 1.70 bits per heavy atom. The lowest BCUT2D eigenvalue weighted by atomic mass is 10.1. The quantitative estimate of drug-likeness (QED) is 0.608. The average Bonchev–Trinajstić information content (AvgIpc) is 2.86. The van der Waals surface area contributed by atoms with Crippen molar-refractivity contribution < 1.29 is 14.4 Å². The van der Waals surface area contributed by atoms with Gasteiger partial charge in [-0.2, -0.15) is 0 Å². The Hall–Kier alpha value is -2.86. The lowest BCUT2D eigenvalue weighted by Gasteiger charge is -2.21. The van der Waals surface area contributed by atoms with Gasteiger partial charge in [-0.15, -0.1) is 12.4 Å². The molecule has 0 saturated heterocycles. The summed E-state index contributed by atoms with van der Waals surface area (Å²) in [5.74, 6) is -1.20. The predicted octanol–water partition coefficient (Wildman–Crippen LogP) is 2.34. The Morgan fingerprint density at radius 1 is 1.07 bits per heavy atom. The number of halogens is 1. The maximum atomic E-state index is 12.5. The Kier molecular flexibility index (Phi) is 6.23. The molecule has 1 aliphatic heterocycles. The molecule has 6 nitrogen and oxygen atoms in total. The van der Waals surface area contributed by atoms with Gasteiger partial charge in [-0.05, 0) is 50.1 Å². The zero-order valence-electron chi connectivity index (χ0n) is 15.2. The van der Waals surface area contributed by atoms with Crippen molar-refractivity contribution in [2.24, 2.45) is 0 Å². The highest BCUT2D eigenvalue weighted by molar-refractivity contribution is 6.22. The normalized spacial score (nSPS) is 13.8. The highest BCUT2D eigenvalue weighted by atomic mass is 35.5. The van der Waals surface area contributed by atoms with Gasteiger partial charge in [0.1, 0.15) is 6.04 Å². The van der Waals surface area contributed by atoms with Gasteiger partial charge in [0.15, 0.2) is 0 Å². The molecule has 0 fully saturated rings. The van der Waals surface area contributed by atoms with Crippen LogP contribution in [0.2, 0.25) is 0 Å². The van der Waals surface area contributed by atoms with Crippen molar-refractivity contribution >= 4 is 35.8 Å². The Bertz CT molecular complexity index is 881. The molecule has 1 unspecified atom stereocenters. The van der Waals surface area contributed by atoms with Crippen molar-refractivity contribution in [3.8, 4) is 0 Å².